The Morgan fingerprint density at radius 3 is 2.72 bits per heavy atom. The Morgan fingerprint density at radius 2 is 2.03 bits per heavy atom. The van der Waals surface area contributed by atoms with E-state index in [9.17, 15) is 0 Å². The van der Waals surface area contributed by atoms with Crippen LogP contribution in [0.15, 0.2) is 18.2 Å². The molecule has 9 nitrogen and oxygen atoms in total. The first-order valence-electron chi connectivity index (χ1n) is 10.4. The van der Waals surface area contributed by atoms with Gasteiger partial charge in [0.25, 0.3) is 0 Å². The molecule has 2 N–H and O–H groups in total. The van der Waals surface area contributed by atoms with Gasteiger partial charge in [-0.15, -0.1) is 5.10 Å². The number of ether oxygens (including phenoxy) is 3. The van der Waals surface area contributed by atoms with Crippen LogP contribution in [-0.4, -0.2) is 80.4 Å². The van der Waals surface area contributed by atoms with E-state index in [2.05, 4.69) is 28.6 Å². The van der Waals surface area contributed by atoms with E-state index in [-0.39, 0.29) is 12.1 Å². The van der Waals surface area contributed by atoms with E-state index in [1.54, 1.807) is 19.1 Å². The summed E-state index contributed by atoms with van der Waals surface area (Å²) < 4.78 is 19.0. The van der Waals surface area contributed by atoms with Crippen LogP contribution in [0.3, 0.4) is 0 Å². The van der Waals surface area contributed by atoms with Crippen molar-refractivity contribution in [1.82, 2.24) is 20.2 Å². The minimum Gasteiger partial charge on any atom is -0.497 e. The highest BCUT2D eigenvalue weighted by Gasteiger charge is 2.37. The lowest BCUT2D eigenvalue weighted by atomic mass is 10.0. The smallest absolute Gasteiger partial charge is 0.214 e. The number of rotatable bonds is 7. The first-order valence-corrected chi connectivity index (χ1v) is 10.4. The third kappa shape index (κ3) is 4.36. The lowest BCUT2D eigenvalue weighted by Gasteiger charge is -2.33. The third-order valence-electron chi connectivity index (χ3n) is 6.12. The van der Waals surface area contributed by atoms with Gasteiger partial charge in [0, 0.05) is 6.61 Å². The SMILES string of the molecule is COc1ccc(OC)c([C@H](c2nnnn2C[C@@H]2CCCO2)[NH+]2CC[NH+](C)CC2)c1. The van der Waals surface area contributed by atoms with Crippen LogP contribution >= 0.6 is 0 Å². The van der Waals surface area contributed by atoms with Crippen LogP contribution in [0.25, 0.3) is 0 Å². The van der Waals surface area contributed by atoms with Gasteiger partial charge in [-0.05, 0) is 41.5 Å². The van der Waals surface area contributed by atoms with Gasteiger partial charge in [0.2, 0.25) is 5.82 Å². The van der Waals surface area contributed by atoms with Crippen molar-refractivity contribution in [2.45, 2.75) is 31.5 Å². The molecule has 0 aliphatic carbocycles. The summed E-state index contributed by atoms with van der Waals surface area (Å²) in [6, 6.07) is 5.94. The van der Waals surface area contributed by atoms with Crippen molar-refractivity contribution in [1.29, 1.82) is 0 Å². The largest absolute Gasteiger partial charge is 0.497 e. The number of tetrazole rings is 1. The summed E-state index contributed by atoms with van der Waals surface area (Å²) in [7, 11) is 5.65. The Bertz CT molecular complexity index is 799. The number of hydrogen-bond donors (Lipinski definition) is 2. The standard InChI is InChI=1S/C20H30N6O3/c1-24-8-10-25(11-9-24)19(17-13-15(27-2)6-7-18(17)28-3)20-21-22-23-26(20)14-16-5-4-12-29-16/h6-7,13,16,19H,4-5,8-12,14H2,1-3H3/p+2/t16-,19+/m0/s1. The summed E-state index contributed by atoms with van der Waals surface area (Å²) in [5.74, 6) is 2.51. The number of piperazine rings is 1. The van der Waals surface area contributed by atoms with E-state index in [4.69, 9.17) is 14.2 Å². The highest BCUT2D eigenvalue weighted by Crippen LogP contribution is 2.31. The number of methoxy groups -OCH3 is 2. The highest BCUT2D eigenvalue weighted by molar-refractivity contribution is 5.43. The summed E-state index contributed by atoms with van der Waals surface area (Å²) in [5, 5.41) is 12.8. The van der Waals surface area contributed by atoms with Crippen molar-refractivity contribution in [2.75, 3.05) is 54.1 Å². The molecule has 0 spiro atoms. The van der Waals surface area contributed by atoms with Crippen LogP contribution in [0.5, 0.6) is 11.5 Å². The second kappa shape index (κ2) is 9.06. The Balaban J connectivity index is 1.73. The first kappa shape index (κ1) is 20.1. The monoisotopic (exact) mass is 404 g/mol. The zero-order chi connectivity index (χ0) is 20.2. The molecule has 158 valence electrons. The quantitative estimate of drug-likeness (QED) is 0.577. The Hall–Kier alpha value is -2.23. The van der Waals surface area contributed by atoms with Crippen LogP contribution in [0.4, 0.5) is 0 Å². The number of nitrogens with zero attached hydrogens (tertiary/aromatic N) is 4. The second-order valence-corrected chi connectivity index (χ2v) is 8.01. The molecule has 2 atom stereocenters. The van der Waals surface area contributed by atoms with E-state index < -0.39 is 0 Å². The zero-order valence-corrected chi connectivity index (χ0v) is 17.6. The molecule has 2 aromatic rings. The van der Waals surface area contributed by atoms with Gasteiger partial charge in [-0.1, -0.05) is 0 Å². The van der Waals surface area contributed by atoms with E-state index in [0.717, 1.165) is 68.5 Å². The topological polar surface area (TPSA) is 80.2 Å². The lowest BCUT2D eigenvalue weighted by molar-refractivity contribution is -1.02. The zero-order valence-electron chi connectivity index (χ0n) is 17.6. The maximum atomic E-state index is 5.84. The molecule has 9 heteroatoms. The molecule has 2 aliphatic heterocycles. The molecule has 0 saturated carbocycles. The molecule has 1 aromatic heterocycles. The summed E-state index contributed by atoms with van der Waals surface area (Å²) in [6.07, 6.45) is 2.33. The number of hydrogen-bond acceptors (Lipinski definition) is 6. The minimum absolute atomic E-state index is 0.0236. The molecule has 2 fully saturated rings. The van der Waals surface area contributed by atoms with Crippen molar-refractivity contribution in [3.05, 3.63) is 29.6 Å². The molecule has 0 bridgehead atoms. The van der Waals surface area contributed by atoms with E-state index >= 15 is 0 Å². The molecule has 3 heterocycles. The second-order valence-electron chi connectivity index (χ2n) is 8.01. The summed E-state index contributed by atoms with van der Waals surface area (Å²) in [5.41, 5.74) is 1.06. The molecule has 0 amide bonds. The lowest BCUT2D eigenvalue weighted by Crippen LogP contribution is -3.27. The molecule has 4 rings (SSSR count). The fraction of sp³-hybridized carbons (Fsp3) is 0.650. The van der Waals surface area contributed by atoms with Crippen molar-refractivity contribution >= 4 is 0 Å². The number of likely N-dealkylation sites (N-methyl/N-ethyl adjacent to an activating group) is 1. The van der Waals surface area contributed by atoms with Gasteiger partial charge in [0.1, 0.15) is 37.7 Å². The van der Waals surface area contributed by atoms with Gasteiger partial charge >= 0.3 is 0 Å². The van der Waals surface area contributed by atoms with Crippen molar-refractivity contribution in [3.8, 4) is 11.5 Å². The van der Waals surface area contributed by atoms with Crippen molar-refractivity contribution < 1.29 is 24.0 Å². The number of benzene rings is 1. The van der Waals surface area contributed by atoms with E-state index in [1.807, 2.05) is 16.8 Å². The van der Waals surface area contributed by atoms with Gasteiger partial charge in [-0.2, -0.15) is 0 Å². The van der Waals surface area contributed by atoms with Crippen LogP contribution in [-0.2, 0) is 11.3 Å². The van der Waals surface area contributed by atoms with Gasteiger partial charge in [-0.25, -0.2) is 4.68 Å². The Morgan fingerprint density at radius 1 is 1.21 bits per heavy atom. The van der Waals surface area contributed by atoms with E-state index in [1.165, 1.54) is 4.90 Å². The predicted molar refractivity (Wildman–Crippen MR) is 105 cm³/mol. The Kier molecular flexibility index (Phi) is 6.27. The van der Waals surface area contributed by atoms with Crippen LogP contribution < -0.4 is 19.3 Å². The minimum atomic E-state index is -0.0236. The average molecular weight is 405 g/mol. The van der Waals surface area contributed by atoms with Crippen LogP contribution in [0.2, 0.25) is 0 Å². The molecule has 0 radical (unpaired) electrons. The summed E-state index contributed by atoms with van der Waals surface area (Å²) in [6.45, 7) is 5.83. The molecule has 2 aliphatic rings. The fourth-order valence-corrected chi connectivity index (χ4v) is 4.42. The summed E-state index contributed by atoms with van der Waals surface area (Å²) >= 11 is 0. The maximum absolute atomic E-state index is 5.84. The average Bonchev–Trinajstić information content (AvgIpc) is 3.42. The maximum Gasteiger partial charge on any atom is 0.214 e. The molecule has 29 heavy (non-hydrogen) atoms. The molecule has 0 unspecified atom stereocenters. The predicted octanol–water partition coefficient (Wildman–Crippen LogP) is -1.63. The highest BCUT2D eigenvalue weighted by atomic mass is 16.5. The molecule has 1 aromatic carbocycles. The van der Waals surface area contributed by atoms with Gasteiger partial charge in [0.05, 0.1) is 39.5 Å². The summed E-state index contributed by atoms with van der Waals surface area (Å²) in [4.78, 5) is 3.01. The van der Waals surface area contributed by atoms with Gasteiger partial charge < -0.3 is 24.0 Å². The number of nitrogens with one attached hydrogen (secondary N) is 2. The molecular formula is C20H32N6O3+2. The van der Waals surface area contributed by atoms with Crippen molar-refractivity contribution in [2.24, 2.45) is 0 Å². The van der Waals surface area contributed by atoms with E-state index in [0.29, 0.717) is 6.54 Å². The van der Waals surface area contributed by atoms with Crippen LogP contribution in [0.1, 0.15) is 30.3 Å². The van der Waals surface area contributed by atoms with Crippen LogP contribution in [0, 0.1) is 0 Å². The van der Waals surface area contributed by atoms with Gasteiger partial charge in [0.15, 0.2) is 6.04 Å². The van der Waals surface area contributed by atoms with Gasteiger partial charge in [-0.3, -0.25) is 0 Å². The molecule has 2 saturated heterocycles. The first-order chi connectivity index (χ1) is 14.2. The number of aromatic nitrogens is 4. The Labute approximate surface area is 171 Å². The normalized spacial score (nSPS) is 25.7. The molecular weight excluding hydrogens is 372 g/mol. The third-order valence-corrected chi connectivity index (χ3v) is 6.12. The van der Waals surface area contributed by atoms with Crippen molar-refractivity contribution in [3.63, 3.8) is 0 Å². The fourth-order valence-electron chi connectivity index (χ4n) is 4.42. The number of quaternary nitrogens is 2.